The fourth-order valence-corrected chi connectivity index (χ4v) is 2.72. The fourth-order valence-electron chi connectivity index (χ4n) is 2.72. The molecule has 0 amide bonds. The number of pyridine rings is 1. The average molecular weight is 282 g/mol. The lowest BCUT2D eigenvalue weighted by atomic mass is 10.2. The van der Waals surface area contributed by atoms with Crippen molar-refractivity contribution in [1.82, 2.24) is 9.88 Å². The van der Waals surface area contributed by atoms with E-state index in [2.05, 4.69) is 62.6 Å². The Morgan fingerprint density at radius 2 is 1.71 bits per heavy atom. The Labute approximate surface area is 126 Å². The summed E-state index contributed by atoms with van der Waals surface area (Å²) in [6, 6.07) is 16.8. The van der Waals surface area contributed by atoms with Crippen LogP contribution in [0.4, 0.5) is 11.6 Å². The first-order valence-electron chi connectivity index (χ1n) is 7.51. The largest absolute Gasteiger partial charge is 0.373 e. The Balaban J connectivity index is 1.57. The van der Waals surface area contributed by atoms with Gasteiger partial charge in [-0.1, -0.05) is 36.4 Å². The Bertz CT molecular complexity index is 562. The first-order valence-corrected chi connectivity index (χ1v) is 7.51. The van der Waals surface area contributed by atoms with Gasteiger partial charge in [-0.15, -0.1) is 0 Å². The van der Waals surface area contributed by atoms with Crippen molar-refractivity contribution in [3.05, 3.63) is 54.1 Å². The molecule has 0 radical (unpaired) electrons. The van der Waals surface area contributed by atoms with Crippen molar-refractivity contribution in [2.45, 2.75) is 6.54 Å². The van der Waals surface area contributed by atoms with Crippen molar-refractivity contribution < 1.29 is 0 Å². The Kier molecular flexibility index (Phi) is 4.36. The summed E-state index contributed by atoms with van der Waals surface area (Å²) in [5.74, 6) is 2.00. The molecule has 1 fully saturated rings. The van der Waals surface area contributed by atoms with Gasteiger partial charge in [0.25, 0.3) is 0 Å². The van der Waals surface area contributed by atoms with Gasteiger partial charge in [0, 0.05) is 39.8 Å². The maximum absolute atomic E-state index is 4.62. The Hall–Kier alpha value is -2.07. The normalized spacial score (nSPS) is 16.0. The third kappa shape index (κ3) is 3.52. The fraction of sp³-hybridized carbons (Fsp3) is 0.353. The lowest BCUT2D eigenvalue weighted by Crippen LogP contribution is -2.46. The van der Waals surface area contributed by atoms with Crippen LogP contribution in [-0.2, 0) is 6.54 Å². The lowest BCUT2D eigenvalue weighted by Gasteiger charge is -2.35. The van der Waals surface area contributed by atoms with Crippen LogP contribution in [0.3, 0.4) is 0 Å². The van der Waals surface area contributed by atoms with Crippen LogP contribution in [0.25, 0.3) is 0 Å². The zero-order valence-electron chi connectivity index (χ0n) is 12.5. The van der Waals surface area contributed by atoms with Crippen LogP contribution in [0.2, 0.25) is 0 Å². The summed E-state index contributed by atoms with van der Waals surface area (Å²) in [5.41, 5.74) is 1.39. The van der Waals surface area contributed by atoms with Crippen LogP contribution in [0.1, 0.15) is 5.56 Å². The Morgan fingerprint density at radius 3 is 2.43 bits per heavy atom. The highest BCUT2D eigenvalue weighted by Crippen LogP contribution is 2.17. The van der Waals surface area contributed by atoms with Gasteiger partial charge in [0.05, 0.1) is 0 Å². The van der Waals surface area contributed by atoms with Crippen LogP contribution in [0, 0.1) is 0 Å². The van der Waals surface area contributed by atoms with Crippen molar-refractivity contribution in [2.75, 3.05) is 43.4 Å². The van der Waals surface area contributed by atoms with E-state index in [1.807, 2.05) is 13.1 Å². The van der Waals surface area contributed by atoms with Crippen LogP contribution in [-0.4, -0.2) is 43.1 Å². The molecule has 0 unspecified atom stereocenters. The number of piperazine rings is 1. The molecule has 4 heteroatoms. The van der Waals surface area contributed by atoms with Crippen LogP contribution < -0.4 is 10.2 Å². The van der Waals surface area contributed by atoms with Crippen LogP contribution in [0.15, 0.2) is 48.5 Å². The highest BCUT2D eigenvalue weighted by atomic mass is 15.3. The summed E-state index contributed by atoms with van der Waals surface area (Å²) < 4.78 is 0. The zero-order valence-corrected chi connectivity index (χ0v) is 12.5. The van der Waals surface area contributed by atoms with Gasteiger partial charge >= 0.3 is 0 Å². The van der Waals surface area contributed by atoms with Crippen molar-refractivity contribution >= 4 is 11.6 Å². The molecule has 4 nitrogen and oxygen atoms in total. The number of rotatable bonds is 4. The quantitative estimate of drug-likeness (QED) is 0.933. The van der Waals surface area contributed by atoms with Gasteiger partial charge in [-0.25, -0.2) is 4.98 Å². The van der Waals surface area contributed by atoms with E-state index in [0.29, 0.717) is 0 Å². The molecular weight excluding hydrogens is 260 g/mol. The van der Waals surface area contributed by atoms with Crippen molar-refractivity contribution in [3.63, 3.8) is 0 Å². The van der Waals surface area contributed by atoms with Crippen LogP contribution >= 0.6 is 0 Å². The number of nitrogens with zero attached hydrogens (tertiary/aromatic N) is 3. The monoisotopic (exact) mass is 282 g/mol. The maximum Gasteiger partial charge on any atom is 0.131 e. The smallest absolute Gasteiger partial charge is 0.131 e. The summed E-state index contributed by atoms with van der Waals surface area (Å²) in [7, 11) is 1.91. The van der Waals surface area contributed by atoms with E-state index in [-0.39, 0.29) is 0 Å². The van der Waals surface area contributed by atoms with E-state index in [0.717, 1.165) is 44.4 Å². The average Bonchev–Trinajstić information content (AvgIpc) is 2.56. The second kappa shape index (κ2) is 6.59. The molecule has 1 aliphatic heterocycles. The van der Waals surface area contributed by atoms with Crippen molar-refractivity contribution in [2.24, 2.45) is 0 Å². The van der Waals surface area contributed by atoms with Gasteiger partial charge in [-0.3, -0.25) is 4.90 Å². The molecule has 2 aromatic rings. The van der Waals surface area contributed by atoms with Gasteiger partial charge in [-0.2, -0.15) is 0 Å². The Morgan fingerprint density at radius 1 is 0.952 bits per heavy atom. The molecule has 1 aliphatic rings. The molecule has 21 heavy (non-hydrogen) atoms. The summed E-state index contributed by atoms with van der Waals surface area (Å²) in [4.78, 5) is 9.49. The summed E-state index contributed by atoms with van der Waals surface area (Å²) in [5, 5.41) is 3.10. The van der Waals surface area contributed by atoms with Crippen molar-refractivity contribution in [3.8, 4) is 0 Å². The van der Waals surface area contributed by atoms with Gasteiger partial charge in [0.2, 0.25) is 0 Å². The van der Waals surface area contributed by atoms with E-state index < -0.39 is 0 Å². The molecule has 0 bridgehead atoms. The number of hydrogen-bond acceptors (Lipinski definition) is 4. The molecule has 1 saturated heterocycles. The first kappa shape index (κ1) is 13.9. The van der Waals surface area contributed by atoms with Gasteiger partial charge in [0.15, 0.2) is 0 Å². The van der Waals surface area contributed by atoms with Crippen LogP contribution in [0.5, 0.6) is 0 Å². The minimum absolute atomic E-state index is 0.930. The third-order valence-electron chi connectivity index (χ3n) is 3.94. The minimum atomic E-state index is 0.930. The van der Waals surface area contributed by atoms with Gasteiger partial charge < -0.3 is 10.2 Å². The maximum atomic E-state index is 4.62. The number of nitrogens with one attached hydrogen (secondary N) is 1. The predicted octanol–water partition coefficient (Wildman–Crippen LogP) is 2.45. The summed E-state index contributed by atoms with van der Waals surface area (Å²) >= 11 is 0. The van der Waals surface area contributed by atoms with Gasteiger partial charge in [-0.05, 0) is 17.7 Å². The highest BCUT2D eigenvalue weighted by molar-refractivity contribution is 5.47. The molecule has 1 N–H and O–H groups in total. The molecule has 3 rings (SSSR count). The van der Waals surface area contributed by atoms with Gasteiger partial charge in [0.1, 0.15) is 11.6 Å². The summed E-state index contributed by atoms with van der Waals surface area (Å²) in [6.07, 6.45) is 0. The molecule has 110 valence electrons. The highest BCUT2D eigenvalue weighted by Gasteiger charge is 2.18. The molecule has 0 spiro atoms. The van der Waals surface area contributed by atoms with E-state index in [9.17, 15) is 0 Å². The topological polar surface area (TPSA) is 31.4 Å². The summed E-state index contributed by atoms with van der Waals surface area (Å²) in [6.45, 7) is 5.28. The molecule has 1 aromatic carbocycles. The molecule has 0 aliphatic carbocycles. The molecular formula is C17H22N4. The van der Waals surface area contributed by atoms with E-state index in [4.69, 9.17) is 0 Å². The SMILES string of the molecule is CNc1cccc(N2CCN(Cc3ccccc3)CC2)n1. The lowest BCUT2D eigenvalue weighted by molar-refractivity contribution is 0.249. The number of hydrogen-bond donors (Lipinski definition) is 1. The second-order valence-corrected chi connectivity index (χ2v) is 5.38. The molecule has 2 heterocycles. The third-order valence-corrected chi connectivity index (χ3v) is 3.94. The van der Waals surface area contributed by atoms with Crippen molar-refractivity contribution in [1.29, 1.82) is 0 Å². The number of aromatic nitrogens is 1. The number of benzene rings is 1. The standard InChI is InChI=1S/C17H22N4/c1-18-16-8-5-9-17(19-16)21-12-10-20(11-13-21)14-15-6-3-2-4-7-15/h2-9H,10-14H2,1H3,(H,18,19). The minimum Gasteiger partial charge on any atom is -0.373 e. The molecule has 0 saturated carbocycles. The number of anilines is 2. The second-order valence-electron chi connectivity index (χ2n) is 5.38. The zero-order chi connectivity index (χ0) is 14.5. The molecule has 1 aromatic heterocycles. The molecule has 0 atom stereocenters. The van der Waals surface area contributed by atoms with E-state index in [1.165, 1.54) is 5.56 Å². The predicted molar refractivity (Wildman–Crippen MR) is 87.7 cm³/mol. The van der Waals surface area contributed by atoms with E-state index in [1.54, 1.807) is 0 Å². The first-order chi connectivity index (χ1) is 10.3. The van der Waals surface area contributed by atoms with E-state index >= 15 is 0 Å².